The number of hydrogen-bond acceptors (Lipinski definition) is 3. The van der Waals surface area contributed by atoms with Gasteiger partial charge in [0.2, 0.25) is 0 Å². The summed E-state index contributed by atoms with van der Waals surface area (Å²) in [5.74, 6) is 1.07. The van der Waals surface area contributed by atoms with Crippen LogP contribution in [0.3, 0.4) is 0 Å². The van der Waals surface area contributed by atoms with Gasteiger partial charge in [-0.05, 0) is 30.7 Å². The molecule has 0 saturated heterocycles. The number of alkyl halides is 1. The van der Waals surface area contributed by atoms with Crippen LogP contribution in [0.4, 0.5) is 5.69 Å². The van der Waals surface area contributed by atoms with Crippen LogP contribution in [0.15, 0.2) is 29.2 Å². The molecule has 1 aromatic rings. The van der Waals surface area contributed by atoms with Crippen LogP contribution in [0, 0.1) is 10.1 Å². The molecule has 0 atom stereocenters. The van der Waals surface area contributed by atoms with Crippen LogP contribution < -0.4 is 0 Å². The Balaban J connectivity index is 2.29. The lowest BCUT2D eigenvalue weighted by atomic mass is 10.3. The summed E-state index contributed by atoms with van der Waals surface area (Å²) in [6, 6.07) is 6.74. The lowest BCUT2D eigenvalue weighted by molar-refractivity contribution is -0.384. The molecule has 0 aromatic heterocycles. The molecule has 5 heteroatoms. The Bertz CT molecular complexity index is 329. The van der Waals surface area contributed by atoms with Crippen molar-refractivity contribution in [2.75, 3.05) is 11.1 Å². The van der Waals surface area contributed by atoms with E-state index in [9.17, 15) is 10.1 Å². The van der Waals surface area contributed by atoms with Gasteiger partial charge in [0.05, 0.1) is 4.92 Å². The van der Waals surface area contributed by atoms with Gasteiger partial charge in [-0.25, -0.2) is 0 Å². The maximum absolute atomic E-state index is 10.4. The van der Waals surface area contributed by atoms with Gasteiger partial charge < -0.3 is 0 Å². The third kappa shape index (κ3) is 4.99. The number of non-ortho nitro benzene ring substituents is 1. The number of thioether (sulfide) groups is 1. The van der Waals surface area contributed by atoms with Gasteiger partial charge in [-0.15, -0.1) is 11.8 Å². The third-order valence-electron chi connectivity index (χ3n) is 2.09. The van der Waals surface area contributed by atoms with Gasteiger partial charge in [-0.3, -0.25) is 10.1 Å². The quantitative estimate of drug-likeness (QED) is 0.249. The minimum Gasteiger partial charge on any atom is -0.258 e. The fraction of sp³-hybridized carbons (Fsp3) is 0.455. The molecule has 0 N–H and O–H groups in total. The Labute approximate surface area is 108 Å². The van der Waals surface area contributed by atoms with E-state index in [1.54, 1.807) is 23.9 Å². The van der Waals surface area contributed by atoms with Crippen LogP contribution in [0.2, 0.25) is 0 Å². The van der Waals surface area contributed by atoms with Crippen LogP contribution in [-0.4, -0.2) is 16.0 Å². The molecule has 1 aromatic carbocycles. The van der Waals surface area contributed by atoms with Gasteiger partial charge in [-0.2, -0.15) is 0 Å². The van der Waals surface area contributed by atoms with E-state index in [4.69, 9.17) is 0 Å². The molecule has 0 aliphatic rings. The van der Waals surface area contributed by atoms with E-state index >= 15 is 0 Å². The molecule has 16 heavy (non-hydrogen) atoms. The zero-order valence-corrected chi connectivity index (χ0v) is 11.3. The van der Waals surface area contributed by atoms with E-state index in [0.29, 0.717) is 0 Å². The average Bonchev–Trinajstić information content (AvgIpc) is 2.29. The number of nitro groups is 1. The number of nitro benzene ring substituents is 1. The normalized spacial score (nSPS) is 10.3. The molecule has 0 unspecified atom stereocenters. The molecule has 3 nitrogen and oxygen atoms in total. The molecule has 0 radical (unpaired) electrons. The Morgan fingerprint density at radius 2 is 1.88 bits per heavy atom. The molecule has 88 valence electrons. The lowest BCUT2D eigenvalue weighted by Gasteiger charge is -2.00. The highest BCUT2D eigenvalue weighted by Gasteiger charge is 2.03. The number of benzene rings is 1. The first-order chi connectivity index (χ1) is 7.74. The first kappa shape index (κ1) is 13.5. The van der Waals surface area contributed by atoms with Crippen molar-refractivity contribution in [3.8, 4) is 0 Å². The molecular weight excluding hydrogens is 290 g/mol. The molecule has 0 aliphatic heterocycles. The van der Waals surface area contributed by atoms with E-state index in [0.717, 1.165) is 16.0 Å². The van der Waals surface area contributed by atoms with E-state index < -0.39 is 0 Å². The topological polar surface area (TPSA) is 43.1 Å². The Morgan fingerprint density at radius 3 is 2.44 bits per heavy atom. The second kappa shape index (κ2) is 7.68. The van der Waals surface area contributed by atoms with Gasteiger partial charge in [-0.1, -0.05) is 22.4 Å². The monoisotopic (exact) mass is 303 g/mol. The Kier molecular flexibility index (Phi) is 6.49. The first-order valence-corrected chi connectivity index (χ1v) is 7.28. The molecule has 0 heterocycles. The summed E-state index contributed by atoms with van der Waals surface area (Å²) in [7, 11) is 0. The van der Waals surface area contributed by atoms with Crippen molar-refractivity contribution in [1.82, 2.24) is 0 Å². The first-order valence-electron chi connectivity index (χ1n) is 5.17. The van der Waals surface area contributed by atoms with Crippen molar-refractivity contribution in [3.63, 3.8) is 0 Å². The van der Waals surface area contributed by atoms with Crippen molar-refractivity contribution in [3.05, 3.63) is 34.4 Å². The molecule has 0 aliphatic carbocycles. The summed E-state index contributed by atoms with van der Waals surface area (Å²) in [6.07, 6.45) is 3.62. The van der Waals surface area contributed by atoms with Crippen molar-refractivity contribution in [1.29, 1.82) is 0 Å². The van der Waals surface area contributed by atoms with Crippen LogP contribution in [-0.2, 0) is 0 Å². The second-order valence-electron chi connectivity index (χ2n) is 3.35. The van der Waals surface area contributed by atoms with Crippen LogP contribution >= 0.6 is 27.7 Å². The van der Waals surface area contributed by atoms with E-state index in [2.05, 4.69) is 15.9 Å². The van der Waals surface area contributed by atoms with E-state index in [1.807, 2.05) is 12.1 Å². The predicted octanol–water partition coefficient (Wildman–Crippen LogP) is 4.25. The highest BCUT2D eigenvalue weighted by molar-refractivity contribution is 9.09. The summed E-state index contributed by atoms with van der Waals surface area (Å²) in [5, 5.41) is 11.5. The maximum Gasteiger partial charge on any atom is 0.269 e. The minimum absolute atomic E-state index is 0.156. The Morgan fingerprint density at radius 1 is 1.19 bits per heavy atom. The number of nitrogens with zero attached hydrogens (tertiary/aromatic N) is 1. The molecule has 0 spiro atoms. The number of rotatable bonds is 7. The predicted molar refractivity (Wildman–Crippen MR) is 71.5 cm³/mol. The highest BCUT2D eigenvalue weighted by Crippen LogP contribution is 2.22. The van der Waals surface area contributed by atoms with Gasteiger partial charge in [0.25, 0.3) is 5.69 Å². The molecule has 0 saturated carbocycles. The fourth-order valence-electron chi connectivity index (χ4n) is 1.23. The number of unbranched alkanes of at least 4 members (excludes halogenated alkanes) is 2. The molecule has 1 rings (SSSR count). The zero-order valence-electron chi connectivity index (χ0n) is 8.89. The summed E-state index contributed by atoms with van der Waals surface area (Å²) in [4.78, 5) is 11.2. The zero-order chi connectivity index (χ0) is 11.8. The number of hydrogen-bond donors (Lipinski definition) is 0. The van der Waals surface area contributed by atoms with Crippen molar-refractivity contribution in [2.45, 2.75) is 24.2 Å². The maximum atomic E-state index is 10.4. The van der Waals surface area contributed by atoms with Crippen molar-refractivity contribution >= 4 is 33.4 Å². The third-order valence-corrected chi connectivity index (χ3v) is 3.75. The van der Waals surface area contributed by atoms with Crippen LogP contribution in [0.25, 0.3) is 0 Å². The lowest BCUT2D eigenvalue weighted by Crippen LogP contribution is -1.87. The molecule has 0 fully saturated rings. The van der Waals surface area contributed by atoms with Gasteiger partial charge in [0, 0.05) is 22.4 Å². The SMILES string of the molecule is O=[N+]([O-])c1ccc(SCCCCCBr)cc1. The van der Waals surface area contributed by atoms with Crippen LogP contribution in [0.1, 0.15) is 19.3 Å². The summed E-state index contributed by atoms with van der Waals surface area (Å²) < 4.78 is 0. The molecule has 0 amide bonds. The molecule has 0 bridgehead atoms. The Hall–Kier alpha value is -0.550. The van der Waals surface area contributed by atoms with Crippen LogP contribution in [0.5, 0.6) is 0 Å². The van der Waals surface area contributed by atoms with Gasteiger partial charge >= 0.3 is 0 Å². The van der Waals surface area contributed by atoms with Gasteiger partial charge in [0.15, 0.2) is 0 Å². The van der Waals surface area contributed by atoms with Crippen molar-refractivity contribution in [2.24, 2.45) is 0 Å². The summed E-state index contributed by atoms with van der Waals surface area (Å²) >= 11 is 5.15. The van der Waals surface area contributed by atoms with E-state index in [1.165, 1.54) is 19.3 Å². The fourth-order valence-corrected chi connectivity index (χ4v) is 2.54. The van der Waals surface area contributed by atoms with Crippen molar-refractivity contribution < 1.29 is 4.92 Å². The molecular formula is C11H14BrNO2S. The standard InChI is InChI=1S/C11H14BrNO2S/c12-8-2-1-3-9-16-11-6-4-10(5-7-11)13(14)15/h4-7H,1-3,8-9H2. The summed E-state index contributed by atoms with van der Waals surface area (Å²) in [5.41, 5.74) is 0.156. The minimum atomic E-state index is -0.371. The summed E-state index contributed by atoms with van der Waals surface area (Å²) in [6.45, 7) is 0. The second-order valence-corrected chi connectivity index (χ2v) is 5.31. The average molecular weight is 304 g/mol. The largest absolute Gasteiger partial charge is 0.269 e. The smallest absolute Gasteiger partial charge is 0.258 e. The van der Waals surface area contributed by atoms with Gasteiger partial charge in [0.1, 0.15) is 0 Å². The number of halogens is 1. The van der Waals surface area contributed by atoms with E-state index in [-0.39, 0.29) is 10.6 Å². The highest BCUT2D eigenvalue weighted by atomic mass is 79.9.